The van der Waals surface area contributed by atoms with Crippen LogP contribution in [0.3, 0.4) is 0 Å². The molecule has 0 bridgehead atoms. The highest BCUT2D eigenvalue weighted by molar-refractivity contribution is 5.27. The minimum atomic E-state index is 0.509. The van der Waals surface area contributed by atoms with Crippen LogP contribution in [0.5, 0.6) is 5.75 Å². The van der Waals surface area contributed by atoms with E-state index >= 15 is 0 Å². The van der Waals surface area contributed by atoms with E-state index < -0.39 is 0 Å². The number of ether oxygens (including phenoxy) is 1. The van der Waals surface area contributed by atoms with Crippen molar-refractivity contribution in [2.45, 2.75) is 26.4 Å². The number of hydrogen-bond donors (Lipinski definition) is 1. The highest BCUT2D eigenvalue weighted by atomic mass is 16.5. The maximum atomic E-state index is 5.70. The Morgan fingerprint density at radius 1 is 1.10 bits per heavy atom. The minimum absolute atomic E-state index is 0.509. The van der Waals surface area contributed by atoms with Gasteiger partial charge >= 0.3 is 0 Å². The third-order valence-corrected chi connectivity index (χ3v) is 3.26. The molecule has 4 heteroatoms. The van der Waals surface area contributed by atoms with Gasteiger partial charge in [-0.3, -0.25) is 4.90 Å². The van der Waals surface area contributed by atoms with E-state index in [1.807, 2.05) is 26.2 Å². The van der Waals surface area contributed by atoms with Gasteiger partial charge in [-0.05, 0) is 45.6 Å². The van der Waals surface area contributed by atoms with E-state index in [0.717, 1.165) is 32.0 Å². The maximum Gasteiger partial charge on any atom is 0.119 e. The first-order chi connectivity index (χ1) is 9.52. The standard InChI is InChI=1S/C16H29N3O/c1-14(2)19(10-9-17)13-15-5-7-16(8-6-15)20-12-11-18(3)4/h5-8,14H,9-13,17H2,1-4H3. The zero-order valence-corrected chi connectivity index (χ0v) is 13.3. The first-order valence-electron chi connectivity index (χ1n) is 7.33. The summed E-state index contributed by atoms with van der Waals surface area (Å²) in [5, 5.41) is 0. The van der Waals surface area contributed by atoms with Gasteiger partial charge < -0.3 is 15.4 Å². The molecular weight excluding hydrogens is 250 g/mol. The van der Waals surface area contributed by atoms with Gasteiger partial charge in [-0.15, -0.1) is 0 Å². The van der Waals surface area contributed by atoms with Gasteiger partial charge in [-0.2, -0.15) is 0 Å². The topological polar surface area (TPSA) is 41.7 Å². The van der Waals surface area contributed by atoms with Crippen LogP contribution in [0.25, 0.3) is 0 Å². The summed E-state index contributed by atoms with van der Waals surface area (Å²) in [7, 11) is 4.09. The average Bonchev–Trinajstić information content (AvgIpc) is 2.39. The Balaban J connectivity index is 2.48. The maximum absolute atomic E-state index is 5.70. The second kappa shape index (κ2) is 8.95. The van der Waals surface area contributed by atoms with Crippen LogP contribution in [0.15, 0.2) is 24.3 Å². The molecule has 0 aliphatic heterocycles. The molecule has 0 unspecified atom stereocenters. The van der Waals surface area contributed by atoms with Gasteiger partial charge in [0.15, 0.2) is 0 Å². The molecular formula is C16H29N3O. The Labute approximate surface area is 123 Å². The van der Waals surface area contributed by atoms with Crippen molar-refractivity contribution in [3.63, 3.8) is 0 Å². The molecule has 1 aromatic rings. The number of rotatable bonds is 9. The lowest BCUT2D eigenvalue weighted by Gasteiger charge is -2.25. The molecule has 0 fully saturated rings. The van der Waals surface area contributed by atoms with E-state index in [1.54, 1.807) is 0 Å². The van der Waals surface area contributed by atoms with Gasteiger partial charge in [0.05, 0.1) is 0 Å². The Hall–Kier alpha value is -1.10. The number of likely N-dealkylation sites (N-methyl/N-ethyl adjacent to an activating group) is 1. The minimum Gasteiger partial charge on any atom is -0.492 e. The molecule has 0 aliphatic carbocycles. The van der Waals surface area contributed by atoms with Crippen LogP contribution in [0.1, 0.15) is 19.4 Å². The van der Waals surface area contributed by atoms with Crippen molar-refractivity contribution in [1.29, 1.82) is 0 Å². The second-order valence-corrected chi connectivity index (χ2v) is 5.65. The summed E-state index contributed by atoms with van der Waals surface area (Å²) >= 11 is 0. The molecule has 0 atom stereocenters. The van der Waals surface area contributed by atoms with Gasteiger partial charge in [0.25, 0.3) is 0 Å². The first kappa shape index (κ1) is 17.0. The summed E-state index contributed by atoms with van der Waals surface area (Å²) in [6.45, 7) is 8.62. The van der Waals surface area contributed by atoms with Crippen molar-refractivity contribution in [2.24, 2.45) is 5.73 Å². The number of nitrogens with zero attached hydrogens (tertiary/aromatic N) is 2. The lowest BCUT2D eigenvalue weighted by molar-refractivity contribution is 0.219. The molecule has 0 amide bonds. The molecule has 0 saturated carbocycles. The van der Waals surface area contributed by atoms with Crippen molar-refractivity contribution in [3.05, 3.63) is 29.8 Å². The number of nitrogens with two attached hydrogens (primary N) is 1. The normalized spacial score (nSPS) is 11.6. The zero-order chi connectivity index (χ0) is 15.0. The molecule has 0 radical (unpaired) electrons. The highest BCUT2D eigenvalue weighted by Crippen LogP contribution is 2.14. The zero-order valence-electron chi connectivity index (χ0n) is 13.3. The Morgan fingerprint density at radius 3 is 2.25 bits per heavy atom. The van der Waals surface area contributed by atoms with Gasteiger partial charge in [0.2, 0.25) is 0 Å². The third kappa shape index (κ3) is 6.37. The Bertz CT molecular complexity index is 362. The van der Waals surface area contributed by atoms with Crippen LogP contribution in [0.2, 0.25) is 0 Å². The number of benzene rings is 1. The van der Waals surface area contributed by atoms with Gasteiger partial charge in [-0.25, -0.2) is 0 Å². The monoisotopic (exact) mass is 279 g/mol. The summed E-state index contributed by atoms with van der Waals surface area (Å²) in [6, 6.07) is 8.88. The van der Waals surface area contributed by atoms with Crippen molar-refractivity contribution in [2.75, 3.05) is 40.3 Å². The van der Waals surface area contributed by atoms with Crippen molar-refractivity contribution in [3.8, 4) is 5.75 Å². The molecule has 0 aliphatic rings. The fourth-order valence-electron chi connectivity index (χ4n) is 1.96. The third-order valence-electron chi connectivity index (χ3n) is 3.26. The van der Waals surface area contributed by atoms with Crippen LogP contribution >= 0.6 is 0 Å². The SMILES string of the molecule is CC(C)N(CCN)Cc1ccc(OCCN(C)C)cc1. The number of hydrogen-bond acceptors (Lipinski definition) is 4. The predicted molar refractivity (Wildman–Crippen MR) is 85.1 cm³/mol. The molecule has 0 aromatic heterocycles. The quantitative estimate of drug-likeness (QED) is 0.748. The summed E-state index contributed by atoms with van der Waals surface area (Å²) in [6.07, 6.45) is 0. The molecule has 2 N–H and O–H groups in total. The summed E-state index contributed by atoms with van der Waals surface area (Å²) in [5.74, 6) is 0.936. The van der Waals surface area contributed by atoms with Crippen LogP contribution in [0.4, 0.5) is 0 Å². The van der Waals surface area contributed by atoms with Crippen molar-refractivity contribution >= 4 is 0 Å². The van der Waals surface area contributed by atoms with E-state index in [-0.39, 0.29) is 0 Å². The fourth-order valence-corrected chi connectivity index (χ4v) is 1.96. The molecule has 20 heavy (non-hydrogen) atoms. The summed E-state index contributed by atoms with van der Waals surface area (Å²) in [4.78, 5) is 4.49. The van der Waals surface area contributed by atoms with Crippen LogP contribution < -0.4 is 10.5 Å². The molecule has 4 nitrogen and oxygen atoms in total. The molecule has 114 valence electrons. The smallest absolute Gasteiger partial charge is 0.119 e. The van der Waals surface area contributed by atoms with E-state index in [9.17, 15) is 0 Å². The van der Waals surface area contributed by atoms with Crippen LogP contribution in [0, 0.1) is 0 Å². The molecule has 0 spiro atoms. The Kier molecular flexibility index (Phi) is 7.59. The Morgan fingerprint density at radius 2 is 1.75 bits per heavy atom. The van der Waals surface area contributed by atoms with E-state index in [2.05, 4.69) is 35.8 Å². The van der Waals surface area contributed by atoms with E-state index in [1.165, 1.54) is 5.56 Å². The largest absolute Gasteiger partial charge is 0.492 e. The van der Waals surface area contributed by atoms with E-state index in [0.29, 0.717) is 12.6 Å². The van der Waals surface area contributed by atoms with Crippen LogP contribution in [-0.4, -0.2) is 56.2 Å². The first-order valence-corrected chi connectivity index (χ1v) is 7.33. The lowest BCUT2D eigenvalue weighted by atomic mass is 10.2. The van der Waals surface area contributed by atoms with E-state index in [4.69, 9.17) is 10.5 Å². The summed E-state index contributed by atoms with van der Waals surface area (Å²) < 4.78 is 5.70. The predicted octanol–water partition coefficient (Wildman–Crippen LogP) is 1.80. The molecule has 0 saturated heterocycles. The van der Waals surface area contributed by atoms with Gasteiger partial charge in [0, 0.05) is 32.2 Å². The highest BCUT2D eigenvalue weighted by Gasteiger charge is 2.09. The van der Waals surface area contributed by atoms with Crippen molar-refractivity contribution in [1.82, 2.24) is 9.80 Å². The van der Waals surface area contributed by atoms with Gasteiger partial charge in [0.1, 0.15) is 12.4 Å². The van der Waals surface area contributed by atoms with Crippen molar-refractivity contribution < 1.29 is 4.74 Å². The fraction of sp³-hybridized carbons (Fsp3) is 0.625. The van der Waals surface area contributed by atoms with Crippen LogP contribution in [-0.2, 0) is 6.54 Å². The second-order valence-electron chi connectivity index (χ2n) is 5.65. The molecule has 0 heterocycles. The average molecular weight is 279 g/mol. The lowest BCUT2D eigenvalue weighted by Crippen LogP contribution is -2.34. The van der Waals surface area contributed by atoms with Gasteiger partial charge in [-0.1, -0.05) is 12.1 Å². The molecule has 1 aromatic carbocycles. The molecule has 1 rings (SSSR count). The summed E-state index contributed by atoms with van der Waals surface area (Å²) in [5.41, 5.74) is 6.96.